The molecule has 162 valence electrons. The second kappa shape index (κ2) is 21.6. The molecule has 0 saturated carbocycles. The van der Waals surface area contributed by atoms with Crippen LogP contribution in [0.3, 0.4) is 0 Å². The van der Waals surface area contributed by atoms with Gasteiger partial charge in [-0.05, 0) is 19.3 Å². The molecule has 0 aliphatic heterocycles. The molecular weight excluding hydrogens is 344 g/mol. The number of nitrogens with one attached hydrogen (secondary N) is 1. The molecule has 0 heterocycles. The summed E-state index contributed by atoms with van der Waals surface area (Å²) < 4.78 is 5.57. The maximum Gasteiger partial charge on any atom is 0.219 e. The van der Waals surface area contributed by atoms with Crippen molar-refractivity contribution < 1.29 is 19.7 Å². The van der Waals surface area contributed by atoms with Crippen LogP contribution >= 0.6 is 0 Å². The van der Waals surface area contributed by atoms with Gasteiger partial charge >= 0.3 is 0 Å². The maximum absolute atomic E-state index is 11.8. The second-order valence-electron chi connectivity index (χ2n) is 7.18. The molecule has 0 aliphatic rings. The lowest BCUT2D eigenvalue weighted by Gasteiger charge is -2.19. The number of amides is 1. The van der Waals surface area contributed by atoms with E-state index in [4.69, 9.17) is 14.9 Å². The van der Waals surface area contributed by atoms with E-state index in [1.807, 2.05) is 4.90 Å². The predicted molar refractivity (Wildman–Crippen MR) is 111 cm³/mol. The minimum absolute atomic E-state index is 0.0959. The second-order valence-corrected chi connectivity index (χ2v) is 7.18. The van der Waals surface area contributed by atoms with Gasteiger partial charge in [-0.3, -0.25) is 9.69 Å². The Balaban J connectivity index is 3.31. The summed E-state index contributed by atoms with van der Waals surface area (Å²) in [7, 11) is 0. The smallest absolute Gasteiger partial charge is 0.219 e. The van der Waals surface area contributed by atoms with E-state index in [-0.39, 0.29) is 19.1 Å². The Morgan fingerprint density at radius 3 is 2.07 bits per heavy atom. The van der Waals surface area contributed by atoms with Crippen LogP contribution in [0.5, 0.6) is 0 Å². The van der Waals surface area contributed by atoms with Crippen LogP contribution in [-0.4, -0.2) is 73.6 Å². The predicted octanol–water partition coefficient (Wildman–Crippen LogP) is 2.72. The first kappa shape index (κ1) is 26.3. The lowest BCUT2D eigenvalue weighted by Crippen LogP contribution is -2.33. The van der Waals surface area contributed by atoms with E-state index in [1.54, 1.807) is 0 Å². The Hall–Kier alpha value is -0.690. The lowest BCUT2D eigenvalue weighted by molar-refractivity contribution is -0.121. The van der Waals surface area contributed by atoms with Crippen molar-refractivity contribution >= 4 is 5.91 Å². The monoisotopic (exact) mass is 388 g/mol. The molecule has 0 bridgehead atoms. The van der Waals surface area contributed by atoms with Crippen molar-refractivity contribution in [2.45, 2.75) is 77.6 Å². The molecule has 6 heteroatoms. The van der Waals surface area contributed by atoms with E-state index in [9.17, 15) is 4.79 Å². The van der Waals surface area contributed by atoms with Crippen molar-refractivity contribution in [1.82, 2.24) is 10.2 Å². The molecule has 0 fully saturated rings. The van der Waals surface area contributed by atoms with E-state index >= 15 is 0 Å². The molecule has 0 spiro atoms. The van der Waals surface area contributed by atoms with Crippen LogP contribution in [0, 0.1) is 0 Å². The highest BCUT2D eigenvalue weighted by Crippen LogP contribution is 2.09. The molecule has 1 amide bonds. The molecule has 0 aromatic rings. The molecule has 0 unspecified atom stereocenters. The van der Waals surface area contributed by atoms with Crippen molar-refractivity contribution in [1.29, 1.82) is 0 Å². The number of carbonyl (C=O) groups excluding carboxylic acids is 1. The Bertz CT molecular complexity index is 311. The van der Waals surface area contributed by atoms with Crippen LogP contribution in [0.2, 0.25) is 0 Å². The number of aliphatic hydroxyl groups excluding tert-OH is 2. The summed E-state index contributed by atoms with van der Waals surface area (Å²) in [4.78, 5) is 13.7. The number of carbonyl (C=O) groups is 1. The minimum atomic E-state index is 0.0959. The topological polar surface area (TPSA) is 82.0 Å². The van der Waals surface area contributed by atoms with Crippen LogP contribution in [0.1, 0.15) is 77.6 Å². The van der Waals surface area contributed by atoms with E-state index < -0.39 is 0 Å². The van der Waals surface area contributed by atoms with Crippen LogP contribution in [-0.2, 0) is 9.53 Å². The molecule has 27 heavy (non-hydrogen) atoms. The van der Waals surface area contributed by atoms with Gasteiger partial charge in [0, 0.05) is 39.2 Å². The molecule has 0 aromatic carbocycles. The van der Waals surface area contributed by atoms with Gasteiger partial charge in [0.05, 0.1) is 19.8 Å². The number of ether oxygens (including phenoxy) is 1. The summed E-state index contributed by atoms with van der Waals surface area (Å²) >= 11 is 0. The van der Waals surface area contributed by atoms with Crippen molar-refractivity contribution in [3.05, 3.63) is 0 Å². The molecule has 0 aromatic heterocycles. The number of nitrogens with zero attached hydrogens (tertiary/aromatic N) is 1. The highest BCUT2D eigenvalue weighted by Gasteiger charge is 2.03. The Morgan fingerprint density at radius 2 is 1.44 bits per heavy atom. The molecule has 0 radical (unpaired) electrons. The fourth-order valence-corrected chi connectivity index (χ4v) is 2.98. The first-order chi connectivity index (χ1) is 13.2. The Kier molecular flexibility index (Phi) is 21.1. The fourth-order valence-electron chi connectivity index (χ4n) is 2.98. The molecule has 0 atom stereocenters. The largest absolute Gasteiger partial charge is 0.395 e. The zero-order valence-electron chi connectivity index (χ0n) is 17.6. The third-order valence-corrected chi connectivity index (χ3v) is 4.68. The summed E-state index contributed by atoms with van der Waals surface area (Å²) in [6.07, 6.45) is 12.6. The van der Waals surface area contributed by atoms with Crippen molar-refractivity contribution in [3.63, 3.8) is 0 Å². The van der Waals surface area contributed by atoms with Crippen molar-refractivity contribution in [2.24, 2.45) is 0 Å². The third-order valence-electron chi connectivity index (χ3n) is 4.68. The molecule has 3 N–H and O–H groups in total. The van der Waals surface area contributed by atoms with Crippen LogP contribution < -0.4 is 5.32 Å². The van der Waals surface area contributed by atoms with E-state index in [0.29, 0.717) is 32.7 Å². The number of aliphatic hydroxyl groups is 2. The standard InChI is InChI=1S/C21H44N2O4/c1-2-3-4-5-6-7-8-9-12-21(26)22-13-10-11-19-27-20-16-23(14-17-24)15-18-25/h24-25H,2-20H2,1H3,(H,22,26). The average Bonchev–Trinajstić information content (AvgIpc) is 2.66. The highest BCUT2D eigenvalue weighted by atomic mass is 16.5. The summed E-state index contributed by atoms with van der Waals surface area (Å²) in [6.45, 7) is 6.28. The molecular formula is C21H44N2O4. The van der Waals surface area contributed by atoms with Gasteiger partial charge in [-0.1, -0.05) is 51.9 Å². The maximum atomic E-state index is 11.8. The Morgan fingerprint density at radius 1 is 0.815 bits per heavy atom. The quantitative estimate of drug-likeness (QED) is 0.263. The number of hydrogen-bond donors (Lipinski definition) is 3. The third kappa shape index (κ3) is 19.9. The summed E-state index contributed by atoms with van der Waals surface area (Å²) in [5, 5.41) is 20.8. The molecule has 0 saturated heterocycles. The highest BCUT2D eigenvalue weighted by molar-refractivity contribution is 5.75. The number of unbranched alkanes of at least 4 members (excludes halogenated alkanes) is 8. The summed E-state index contributed by atoms with van der Waals surface area (Å²) in [5.74, 6) is 0.172. The SMILES string of the molecule is CCCCCCCCCCC(=O)NCCCCOCCN(CCO)CCO. The van der Waals surface area contributed by atoms with E-state index in [0.717, 1.165) is 38.8 Å². The zero-order chi connectivity index (χ0) is 20.0. The van der Waals surface area contributed by atoms with Gasteiger partial charge < -0.3 is 20.3 Å². The van der Waals surface area contributed by atoms with Gasteiger partial charge in [-0.25, -0.2) is 0 Å². The zero-order valence-corrected chi connectivity index (χ0v) is 17.6. The summed E-state index contributed by atoms with van der Waals surface area (Å²) in [6, 6.07) is 0. The molecule has 0 rings (SSSR count). The van der Waals surface area contributed by atoms with Gasteiger partial charge in [-0.15, -0.1) is 0 Å². The van der Waals surface area contributed by atoms with Gasteiger partial charge in [0.15, 0.2) is 0 Å². The van der Waals surface area contributed by atoms with Crippen LogP contribution in [0.15, 0.2) is 0 Å². The number of hydrogen-bond acceptors (Lipinski definition) is 5. The number of rotatable bonds is 21. The van der Waals surface area contributed by atoms with Crippen molar-refractivity contribution in [2.75, 3.05) is 52.6 Å². The van der Waals surface area contributed by atoms with Crippen LogP contribution in [0.25, 0.3) is 0 Å². The lowest BCUT2D eigenvalue weighted by atomic mass is 10.1. The molecule has 6 nitrogen and oxygen atoms in total. The fraction of sp³-hybridized carbons (Fsp3) is 0.952. The minimum Gasteiger partial charge on any atom is -0.395 e. The van der Waals surface area contributed by atoms with Gasteiger partial charge in [0.1, 0.15) is 0 Å². The first-order valence-electron chi connectivity index (χ1n) is 11.0. The first-order valence-corrected chi connectivity index (χ1v) is 11.0. The average molecular weight is 389 g/mol. The summed E-state index contributed by atoms with van der Waals surface area (Å²) in [5.41, 5.74) is 0. The van der Waals surface area contributed by atoms with Gasteiger partial charge in [0.2, 0.25) is 5.91 Å². The van der Waals surface area contributed by atoms with Crippen LogP contribution in [0.4, 0.5) is 0 Å². The Labute approximate surface area is 166 Å². The van der Waals surface area contributed by atoms with Gasteiger partial charge in [0.25, 0.3) is 0 Å². The van der Waals surface area contributed by atoms with E-state index in [1.165, 1.54) is 38.5 Å². The normalized spacial score (nSPS) is 11.3. The van der Waals surface area contributed by atoms with Crippen molar-refractivity contribution in [3.8, 4) is 0 Å². The molecule has 0 aliphatic carbocycles. The van der Waals surface area contributed by atoms with E-state index in [2.05, 4.69) is 12.2 Å². The van der Waals surface area contributed by atoms with Gasteiger partial charge in [-0.2, -0.15) is 0 Å².